The predicted molar refractivity (Wildman–Crippen MR) is 73.1 cm³/mol. The first-order chi connectivity index (χ1) is 9.42. The number of nitrogens with one attached hydrogen (secondary N) is 2. The van der Waals surface area contributed by atoms with Crippen LogP contribution in [0.25, 0.3) is 0 Å². The molecule has 4 rings (SSSR count). The van der Waals surface area contributed by atoms with E-state index in [9.17, 15) is 0 Å². The number of rotatable bonds is 2. The fraction of sp³-hybridized carbons (Fsp3) is 0.250. The van der Waals surface area contributed by atoms with Crippen molar-refractivity contribution in [3.63, 3.8) is 0 Å². The lowest BCUT2D eigenvalue weighted by Gasteiger charge is -2.20. The van der Waals surface area contributed by atoms with Crippen LogP contribution in [0.1, 0.15) is 34.7 Å². The third-order valence-corrected chi connectivity index (χ3v) is 3.90. The highest BCUT2D eigenvalue weighted by Crippen LogP contribution is 2.33. The standard InChI is InChI=1S/C16H16N2O/c1-3-7-13-11(5-1)9-17-15(13)19-16-14-8-4-2-6-12(14)10-18-16/h1-8,15-18H,9-10H2. The van der Waals surface area contributed by atoms with Crippen LogP contribution in [0.5, 0.6) is 0 Å². The topological polar surface area (TPSA) is 33.3 Å². The molecule has 2 N–H and O–H groups in total. The summed E-state index contributed by atoms with van der Waals surface area (Å²) in [4.78, 5) is 0. The molecule has 2 atom stereocenters. The molecular formula is C16H16N2O. The van der Waals surface area contributed by atoms with E-state index in [1.165, 1.54) is 22.3 Å². The van der Waals surface area contributed by atoms with E-state index < -0.39 is 0 Å². The highest BCUT2D eigenvalue weighted by Gasteiger charge is 2.29. The highest BCUT2D eigenvalue weighted by atomic mass is 16.5. The molecule has 0 radical (unpaired) electrons. The summed E-state index contributed by atoms with van der Waals surface area (Å²) in [6, 6.07) is 16.9. The van der Waals surface area contributed by atoms with Crippen LogP contribution in [0.2, 0.25) is 0 Å². The largest absolute Gasteiger partial charge is 0.337 e. The van der Waals surface area contributed by atoms with Crippen molar-refractivity contribution in [2.75, 3.05) is 0 Å². The normalized spacial score (nSPS) is 24.2. The summed E-state index contributed by atoms with van der Waals surface area (Å²) >= 11 is 0. The van der Waals surface area contributed by atoms with Crippen LogP contribution >= 0.6 is 0 Å². The van der Waals surface area contributed by atoms with Gasteiger partial charge in [-0.2, -0.15) is 0 Å². The van der Waals surface area contributed by atoms with Crippen molar-refractivity contribution < 1.29 is 4.74 Å². The molecule has 2 unspecified atom stereocenters. The Bertz CT molecular complexity index is 558. The fourth-order valence-corrected chi connectivity index (χ4v) is 2.91. The third-order valence-electron chi connectivity index (χ3n) is 3.90. The van der Waals surface area contributed by atoms with Gasteiger partial charge in [0.15, 0.2) is 0 Å². The van der Waals surface area contributed by atoms with E-state index in [1.807, 2.05) is 0 Å². The van der Waals surface area contributed by atoms with Crippen molar-refractivity contribution in [1.82, 2.24) is 10.6 Å². The van der Waals surface area contributed by atoms with E-state index in [-0.39, 0.29) is 12.5 Å². The zero-order valence-electron chi connectivity index (χ0n) is 10.6. The van der Waals surface area contributed by atoms with Crippen molar-refractivity contribution in [2.24, 2.45) is 0 Å². The van der Waals surface area contributed by atoms with Crippen LogP contribution in [0.3, 0.4) is 0 Å². The van der Waals surface area contributed by atoms with Gasteiger partial charge in [-0.1, -0.05) is 48.5 Å². The van der Waals surface area contributed by atoms with Crippen molar-refractivity contribution in [3.05, 3.63) is 70.8 Å². The molecule has 0 aromatic heterocycles. The Morgan fingerprint density at radius 2 is 1.21 bits per heavy atom. The first-order valence-electron chi connectivity index (χ1n) is 6.70. The Balaban J connectivity index is 1.58. The Labute approximate surface area is 112 Å². The van der Waals surface area contributed by atoms with Crippen LogP contribution in [0.4, 0.5) is 0 Å². The lowest BCUT2D eigenvalue weighted by molar-refractivity contribution is -0.0409. The number of hydrogen-bond donors (Lipinski definition) is 2. The summed E-state index contributed by atoms with van der Waals surface area (Å²) in [5, 5.41) is 6.84. The van der Waals surface area contributed by atoms with E-state index in [0.717, 1.165) is 13.1 Å². The first-order valence-corrected chi connectivity index (χ1v) is 6.70. The van der Waals surface area contributed by atoms with Gasteiger partial charge in [0.25, 0.3) is 0 Å². The number of ether oxygens (including phenoxy) is 1. The molecular weight excluding hydrogens is 236 g/mol. The van der Waals surface area contributed by atoms with Crippen LogP contribution in [-0.4, -0.2) is 0 Å². The quantitative estimate of drug-likeness (QED) is 0.862. The highest BCUT2D eigenvalue weighted by molar-refractivity contribution is 5.34. The summed E-state index contributed by atoms with van der Waals surface area (Å²) in [5.41, 5.74) is 5.18. The molecule has 3 nitrogen and oxygen atoms in total. The minimum Gasteiger partial charge on any atom is -0.337 e. The number of fused-ring (bicyclic) bond motifs is 2. The predicted octanol–water partition coefficient (Wildman–Crippen LogP) is 2.61. The van der Waals surface area contributed by atoms with E-state index in [2.05, 4.69) is 59.2 Å². The van der Waals surface area contributed by atoms with Gasteiger partial charge in [-0.15, -0.1) is 0 Å². The molecule has 2 heterocycles. The van der Waals surface area contributed by atoms with Crippen LogP contribution in [0, 0.1) is 0 Å². The fourth-order valence-electron chi connectivity index (χ4n) is 2.91. The molecule has 2 aliphatic rings. The van der Waals surface area contributed by atoms with Gasteiger partial charge in [-0.05, 0) is 22.3 Å². The SMILES string of the molecule is c1ccc2c(c1)CNC2OC1NCc2ccccc21. The molecule has 0 bridgehead atoms. The van der Waals surface area contributed by atoms with Crippen LogP contribution < -0.4 is 10.6 Å². The maximum atomic E-state index is 6.20. The molecule has 2 aromatic rings. The summed E-state index contributed by atoms with van der Waals surface area (Å²) in [6.45, 7) is 1.77. The van der Waals surface area contributed by atoms with Gasteiger partial charge in [0.05, 0.1) is 0 Å². The molecule has 3 heteroatoms. The average molecular weight is 252 g/mol. The molecule has 0 amide bonds. The zero-order valence-corrected chi connectivity index (χ0v) is 10.6. The minimum atomic E-state index is -0.0140. The molecule has 0 spiro atoms. The second kappa shape index (κ2) is 4.46. The Kier molecular flexibility index (Phi) is 2.62. The Morgan fingerprint density at radius 3 is 1.74 bits per heavy atom. The van der Waals surface area contributed by atoms with E-state index >= 15 is 0 Å². The Morgan fingerprint density at radius 1 is 0.737 bits per heavy atom. The van der Waals surface area contributed by atoms with Crippen molar-refractivity contribution in [2.45, 2.75) is 25.5 Å². The summed E-state index contributed by atoms with van der Waals surface area (Å²) < 4.78 is 6.20. The molecule has 96 valence electrons. The van der Waals surface area contributed by atoms with Gasteiger partial charge >= 0.3 is 0 Å². The van der Waals surface area contributed by atoms with E-state index in [4.69, 9.17) is 4.74 Å². The lowest BCUT2D eigenvalue weighted by Crippen LogP contribution is -2.23. The summed E-state index contributed by atoms with van der Waals surface area (Å²) in [5.74, 6) is 0. The van der Waals surface area contributed by atoms with Crippen molar-refractivity contribution in [3.8, 4) is 0 Å². The molecule has 2 aromatic carbocycles. The molecule has 0 saturated carbocycles. The van der Waals surface area contributed by atoms with Crippen molar-refractivity contribution >= 4 is 0 Å². The van der Waals surface area contributed by atoms with Crippen LogP contribution in [-0.2, 0) is 17.8 Å². The average Bonchev–Trinajstić information content (AvgIpc) is 3.05. The van der Waals surface area contributed by atoms with E-state index in [0.29, 0.717) is 0 Å². The first kappa shape index (κ1) is 11.2. The lowest BCUT2D eigenvalue weighted by atomic mass is 10.1. The van der Waals surface area contributed by atoms with Gasteiger partial charge in [0.2, 0.25) is 0 Å². The Hall–Kier alpha value is -1.68. The molecule has 0 fully saturated rings. The van der Waals surface area contributed by atoms with Gasteiger partial charge in [0.1, 0.15) is 12.5 Å². The molecule has 0 aliphatic carbocycles. The molecule has 2 aliphatic heterocycles. The second-order valence-corrected chi connectivity index (χ2v) is 5.06. The monoisotopic (exact) mass is 252 g/mol. The second-order valence-electron chi connectivity index (χ2n) is 5.06. The summed E-state index contributed by atoms with van der Waals surface area (Å²) in [7, 11) is 0. The van der Waals surface area contributed by atoms with Crippen molar-refractivity contribution in [1.29, 1.82) is 0 Å². The van der Waals surface area contributed by atoms with Crippen LogP contribution in [0.15, 0.2) is 48.5 Å². The summed E-state index contributed by atoms with van der Waals surface area (Å²) in [6.07, 6.45) is -0.0280. The van der Waals surface area contributed by atoms with E-state index in [1.54, 1.807) is 0 Å². The maximum Gasteiger partial charge on any atom is 0.137 e. The smallest absolute Gasteiger partial charge is 0.137 e. The minimum absolute atomic E-state index is 0.0140. The van der Waals surface area contributed by atoms with Gasteiger partial charge in [-0.25, -0.2) is 0 Å². The van der Waals surface area contributed by atoms with Gasteiger partial charge in [0, 0.05) is 13.1 Å². The number of benzene rings is 2. The van der Waals surface area contributed by atoms with Gasteiger partial charge in [-0.3, -0.25) is 10.6 Å². The van der Waals surface area contributed by atoms with Gasteiger partial charge < -0.3 is 4.74 Å². The molecule has 0 saturated heterocycles. The maximum absolute atomic E-state index is 6.20. The molecule has 19 heavy (non-hydrogen) atoms. The number of hydrogen-bond acceptors (Lipinski definition) is 3. The zero-order chi connectivity index (χ0) is 12.7. The third kappa shape index (κ3) is 1.87.